The number of aromatic nitrogens is 4. The molecule has 0 bridgehead atoms. The molecule has 3 aliphatic rings. The quantitative estimate of drug-likeness (QED) is 0.391. The molecule has 182 valence electrons. The van der Waals surface area contributed by atoms with Crippen molar-refractivity contribution < 1.29 is 14.3 Å². The Hall–Kier alpha value is -3.47. The number of fused-ring (bicyclic) bond motifs is 1. The lowest BCUT2D eigenvalue weighted by atomic mass is 10.1. The number of nitrogens with one attached hydrogen (secondary N) is 1. The number of hydrogen-bond acceptors (Lipinski definition) is 8. The van der Waals surface area contributed by atoms with Crippen LogP contribution >= 0.6 is 11.9 Å². The molecule has 0 radical (unpaired) electrons. The molecule has 0 spiro atoms. The molecule has 1 aromatic carbocycles. The number of carbonyl (C=O) groups is 1. The zero-order valence-electron chi connectivity index (χ0n) is 19.8. The summed E-state index contributed by atoms with van der Waals surface area (Å²) in [7, 11) is 1.84. The molecule has 1 saturated heterocycles. The van der Waals surface area contributed by atoms with Crippen LogP contribution in [0.15, 0.2) is 48.0 Å². The number of imidazole rings is 1. The maximum atomic E-state index is 12.7. The Balaban J connectivity index is 1.19. The molecule has 1 N–H and O–H groups in total. The van der Waals surface area contributed by atoms with Crippen LogP contribution < -0.4 is 14.8 Å². The van der Waals surface area contributed by atoms with Crippen molar-refractivity contribution in [2.24, 2.45) is 5.92 Å². The smallest absolute Gasteiger partial charge is 0.330 e. The van der Waals surface area contributed by atoms with E-state index < -0.39 is 0 Å². The second-order valence-corrected chi connectivity index (χ2v) is 10.5. The fraction of sp³-hybridized carbons (Fsp3) is 0.417. The van der Waals surface area contributed by atoms with Crippen molar-refractivity contribution in [3.8, 4) is 17.2 Å². The molecule has 2 aliphatic heterocycles. The summed E-state index contributed by atoms with van der Waals surface area (Å²) in [6.45, 7) is 5.24. The maximum absolute atomic E-state index is 12.7. The van der Waals surface area contributed by atoms with Gasteiger partial charge in [-0.05, 0) is 37.0 Å². The minimum Gasteiger partial charge on any atom is -0.454 e. The Morgan fingerprint density at radius 1 is 1.17 bits per heavy atom. The van der Waals surface area contributed by atoms with Gasteiger partial charge in [-0.2, -0.15) is 0 Å². The van der Waals surface area contributed by atoms with Crippen molar-refractivity contribution in [3.05, 3.63) is 48.7 Å². The molecule has 6 rings (SSSR count). The Labute approximate surface area is 207 Å². The van der Waals surface area contributed by atoms with E-state index in [0.717, 1.165) is 47.3 Å². The van der Waals surface area contributed by atoms with E-state index in [4.69, 9.17) is 14.5 Å². The lowest BCUT2D eigenvalue weighted by molar-refractivity contribution is 0.174. The fourth-order valence-corrected chi connectivity index (χ4v) is 5.54. The van der Waals surface area contributed by atoms with Crippen LogP contribution in [-0.4, -0.2) is 61.2 Å². The van der Waals surface area contributed by atoms with Gasteiger partial charge in [-0.25, -0.2) is 19.7 Å². The van der Waals surface area contributed by atoms with Gasteiger partial charge >= 0.3 is 6.03 Å². The summed E-state index contributed by atoms with van der Waals surface area (Å²) < 4.78 is 14.7. The summed E-state index contributed by atoms with van der Waals surface area (Å²) in [6.07, 6.45) is 7.45. The number of rotatable bonds is 7. The molecule has 2 amide bonds. The van der Waals surface area contributed by atoms with Crippen LogP contribution in [0.2, 0.25) is 0 Å². The number of benzene rings is 1. The first kappa shape index (κ1) is 22.0. The fourth-order valence-electron chi connectivity index (χ4n) is 4.43. The summed E-state index contributed by atoms with van der Waals surface area (Å²) in [5, 5.41) is 4.24. The van der Waals surface area contributed by atoms with Crippen LogP contribution in [0.25, 0.3) is 5.69 Å². The standard InChI is InChI=1S/C24H27N7O3S/c1-15(2)17-11-29(3)23(32)31(17)35-21-6-9-25-22(27-21)28-24(7-8-24)20-12-30(13-26-20)16-4-5-18-19(10-16)34-14-33-18/h4-6,9-10,12-13,15,17H,7-8,11,14H2,1-3H3,(H,25,27,28)/t17-/m1/s1. The van der Waals surface area contributed by atoms with Gasteiger partial charge in [0.2, 0.25) is 12.7 Å². The number of ether oxygens (including phenoxy) is 2. The largest absolute Gasteiger partial charge is 0.454 e. The lowest BCUT2D eigenvalue weighted by Gasteiger charge is -2.24. The molecule has 35 heavy (non-hydrogen) atoms. The van der Waals surface area contributed by atoms with Gasteiger partial charge in [-0.3, -0.25) is 4.31 Å². The molecule has 1 atom stereocenters. The van der Waals surface area contributed by atoms with E-state index in [1.807, 2.05) is 52.7 Å². The van der Waals surface area contributed by atoms with Crippen LogP contribution in [0.1, 0.15) is 32.4 Å². The molecule has 2 aromatic heterocycles. The monoisotopic (exact) mass is 493 g/mol. The molecule has 10 nitrogen and oxygen atoms in total. The molecular weight excluding hydrogens is 466 g/mol. The number of anilines is 1. The lowest BCUT2D eigenvalue weighted by Crippen LogP contribution is -2.31. The summed E-state index contributed by atoms with van der Waals surface area (Å²) in [6, 6.07) is 7.83. The van der Waals surface area contributed by atoms with Crippen LogP contribution in [0.4, 0.5) is 10.7 Å². The molecule has 1 saturated carbocycles. The first-order valence-corrected chi connectivity index (χ1v) is 12.5. The molecular formula is C24H27N7O3S. The highest BCUT2D eigenvalue weighted by atomic mass is 32.2. The minimum absolute atomic E-state index is 0.00884. The Bertz CT molecular complexity index is 1280. The minimum atomic E-state index is -0.297. The Morgan fingerprint density at radius 3 is 2.80 bits per heavy atom. The predicted molar refractivity (Wildman–Crippen MR) is 131 cm³/mol. The number of amides is 2. The highest BCUT2D eigenvalue weighted by Gasteiger charge is 2.47. The van der Waals surface area contributed by atoms with Crippen molar-refractivity contribution >= 4 is 23.9 Å². The molecule has 3 aromatic rings. The topological polar surface area (TPSA) is 97.6 Å². The number of urea groups is 1. The van der Waals surface area contributed by atoms with E-state index in [-0.39, 0.29) is 24.4 Å². The van der Waals surface area contributed by atoms with Crippen LogP contribution in [0.5, 0.6) is 11.5 Å². The van der Waals surface area contributed by atoms with E-state index in [1.165, 1.54) is 11.9 Å². The third-order valence-electron chi connectivity index (χ3n) is 6.70. The second kappa shape index (κ2) is 8.33. The first-order chi connectivity index (χ1) is 16.9. The van der Waals surface area contributed by atoms with E-state index >= 15 is 0 Å². The summed E-state index contributed by atoms with van der Waals surface area (Å²) in [4.78, 5) is 28.2. The zero-order chi connectivity index (χ0) is 24.2. The van der Waals surface area contributed by atoms with Gasteiger partial charge in [0.25, 0.3) is 0 Å². The molecule has 4 heterocycles. The third kappa shape index (κ3) is 4.03. The number of likely N-dealkylation sites (N-methyl/N-ethyl adjacent to an activating group) is 1. The van der Waals surface area contributed by atoms with Gasteiger partial charge in [-0.1, -0.05) is 13.8 Å². The first-order valence-electron chi connectivity index (χ1n) is 11.7. The normalized spacial score (nSPS) is 20.1. The van der Waals surface area contributed by atoms with Gasteiger partial charge in [0.05, 0.1) is 29.3 Å². The predicted octanol–water partition coefficient (Wildman–Crippen LogP) is 3.89. The highest BCUT2D eigenvalue weighted by molar-refractivity contribution is 7.97. The van der Waals surface area contributed by atoms with Crippen LogP contribution in [-0.2, 0) is 5.54 Å². The van der Waals surface area contributed by atoms with Crippen LogP contribution in [0.3, 0.4) is 0 Å². The van der Waals surface area contributed by atoms with Crippen LogP contribution in [0, 0.1) is 5.92 Å². The average Bonchev–Trinajstić information content (AvgIpc) is 3.18. The SMILES string of the molecule is CC(C)[C@H]1CN(C)C(=O)N1Sc1ccnc(NC2(c3cn(-c4ccc5c(c4)OCO5)cn3)CC2)n1. The van der Waals surface area contributed by atoms with Gasteiger partial charge in [0.1, 0.15) is 5.03 Å². The van der Waals surface area contributed by atoms with Gasteiger partial charge < -0.3 is 24.3 Å². The van der Waals surface area contributed by atoms with Crippen molar-refractivity contribution in [3.63, 3.8) is 0 Å². The average molecular weight is 494 g/mol. The van der Waals surface area contributed by atoms with E-state index in [2.05, 4.69) is 29.1 Å². The second-order valence-electron chi connectivity index (χ2n) is 9.52. The van der Waals surface area contributed by atoms with Gasteiger partial charge in [0.15, 0.2) is 11.5 Å². The van der Waals surface area contributed by atoms with Crippen molar-refractivity contribution in [2.45, 2.75) is 43.3 Å². The summed E-state index contributed by atoms with van der Waals surface area (Å²) in [5.74, 6) is 2.38. The van der Waals surface area contributed by atoms with Crippen molar-refractivity contribution in [1.29, 1.82) is 0 Å². The third-order valence-corrected chi connectivity index (χ3v) is 7.74. The summed E-state index contributed by atoms with van der Waals surface area (Å²) in [5.41, 5.74) is 1.60. The Morgan fingerprint density at radius 2 is 2.00 bits per heavy atom. The molecule has 1 aliphatic carbocycles. The zero-order valence-corrected chi connectivity index (χ0v) is 20.7. The number of nitrogens with zero attached hydrogens (tertiary/aromatic N) is 6. The summed E-state index contributed by atoms with van der Waals surface area (Å²) >= 11 is 1.38. The maximum Gasteiger partial charge on any atom is 0.330 e. The highest BCUT2D eigenvalue weighted by Crippen LogP contribution is 2.47. The number of hydrogen-bond donors (Lipinski definition) is 1. The van der Waals surface area contributed by atoms with Crippen molar-refractivity contribution in [2.75, 3.05) is 25.7 Å². The van der Waals surface area contributed by atoms with Gasteiger partial charge in [-0.15, -0.1) is 0 Å². The van der Waals surface area contributed by atoms with E-state index in [0.29, 0.717) is 11.9 Å². The molecule has 2 fully saturated rings. The molecule has 0 unspecified atom stereocenters. The van der Waals surface area contributed by atoms with Gasteiger partial charge in [0, 0.05) is 44.0 Å². The van der Waals surface area contributed by atoms with E-state index in [9.17, 15) is 4.79 Å². The van der Waals surface area contributed by atoms with E-state index in [1.54, 1.807) is 11.1 Å². The Kier molecular flexibility index (Phi) is 5.24. The number of carbonyl (C=O) groups excluding carboxylic acids is 1. The molecule has 11 heteroatoms. The van der Waals surface area contributed by atoms with Crippen molar-refractivity contribution in [1.82, 2.24) is 28.7 Å².